The van der Waals surface area contributed by atoms with E-state index >= 15 is 0 Å². The molecule has 0 fully saturated rings. The van der Waals surface area contributed by atoms with Crippen LogP contribution in [0.5, 0.6) is 11.5 Å². The average Bonchev–Trinajstić information content (AvgIpc) is 2.46. The summed E-state index contributed by atoms with van der Waals surface area (Å²) in [7, 11) is 0. The van der Waals surface area contributed by atoms with Gasteiger partial charge in [0.2, 0.25) is 0 Å². The quantitative estimate of drug-likeness (QED) is 0.935. The van der Waals surface area contributed by atoms with E-state index in [0.29, 0.717) is 12.3 Å². The largest absolute Gasteiger partial charge is 0.457 e. The lowest BCUT2D eigenvalue weighted by atomic mass is 10.1. The summed E-state index contributed by atoms with van der Waals surface area (Å²) in [6.45, 7) is 0.327. The van der Waals surface area contributed by atoms with Crippen LogP contribution in [0.4, 0.5) is 13.2 Å². The van der Waals surface area contributed by atoms with Crippen molar-refractivity contribution in [2.75, 3.05) is 0 Å². The standard InChI is InChI=1S/C15H11F3N2O/c16-15(17,18)14-5-4-13(7-11(14)9-20)21-12-3-1-2-10(6-12)8-19/h1-7H,8,19H2. The minimum absolute atomic E-state index is 0.161. The van der Waals surface area contributed by atoms with Gasteiger partial charge in [0.25, 0.3) is 0 Å². The molecule has 0 heterocycles. The SMILES string of the molecule is N#Cc1cc(Oc2cccc(CN)c2)ccc1C(F)(F)F. The number of rotatable bonds is 3. The number of nitrogens with zero attached hydrogens (tertiary/aromatic N) is 1. The number of alkyl halides is 3. The molecule has 0 saturated carbocycles. The van der Waals surface area contributed by atoms with Crippen molar-refractivity contribution in [2.45, 2.75) is 12.7 Å². The predicted molar refractivity (Wildman–Crippen MR) is 70.6 cm³/mol. The van der Waals surface area contributed by atoms with Crippen molar-refractivity contribution in [1.82, 2.24) is 0 Å². The molecule has 0 aliphatic carbocycles. The minimum atomic E-state index is -4.57. The van der Waals surface area contributed by atoms with Gasteiger partial charge >= 0.3 is 6.18 Å². The molecule has 0 atom stereocenters. The van der Waals surface area contributed by atoms with E-state index in [4.69, 9.17) is 15.7 Å². The maximum Gasteiger partial charge on any atom is 0.417 e. The molecule has 0 aromatic heterocycles. The summed E-state index contributed by atoms with van der Waals surface area (Å²) in [4.78, 5) is 0. The predicted octanol–water partition coefficient (Wildman–Crippen LogP) is 3.83. The Hall–Kier alpha value is -2.52. The van der Waals surface area contributed by atoms with Crippen LogP contribution in [0.15, 0.2) is 42.5 Å². The average molecular weight is 292 g/mol. The van der Waals surface area contributed by atoms with Gasteiger partial charge in [0.15, 0.2) is 0 Å². The topological polar surface area (TPSA) is 59.0 Å². The van der Waals surface area contributed by atoms with Crippen molar-refractivity contribution in [3.05, 3.63) is 59.2 Å². The third-order valence-electron chi connectivity index (χ3n) is 2.79. The Morgan fingerprint density at radius 1 is 1.10 bits per heavy atom. The number of benzene rings is 2. The Morgan fingerprint density at radius 2 is 1.81 bits per heavy atom. The van der Waals surface area contributed by atoms with Crippen LogP contribution in [0, 0.1) is 11.3 Å². The van der Waals surface area contributed by atoms with Gasteiger partial charge in [-0.2, -0.15) is 18.4 Å². The molecule has 108 valence electrons. The van der Waals surface area contributed by atoms with E-state index in [-0.39, 0.29) is 5.75 Å². The van der Waals surface area contributed by atoms with Gasteiger partial charge in [0, 0.05) is 6.54 Å². The summed E-state index contributed by atoms with van der Waals surface area (Å²) in [5, 5.41) is 8.83. The van der Waals surface area contributed by atoms with Gasteiger partial charge < -0.3 is 10.5 Å². The van der Waals surface area contributed by atoms with Crippen LogP contribution in [-0.4, -0.2) is 0 Å². The Balaban J connectivity index is 2.32. The fourth-order valence-corrected chi connectivity index (χ4v) is 1.80. The van der Waals surface area contributed by atoms with Gasteiger partial charge in [-0.15, -0.1) is 0 Å². The molecule has 0 unspecified atom stereocenters. The maximum atomic E-state index is 12.7. The Kier molecular flexibility index (Phi) is 4.15. The summed E-state index contributed by atoms with van der Waals surface area (Å²) in [5.74, 6) is 0.607. The van der Waals surface area contributed by atoms with Crippen LogP contribution < -0.4 is 10.5 Å². The highest BCUT2D eigenvalue weighted by Gasteiger charge is 2.33. The number of hydrogen-bond donors (Lipinski definition) is 1. The molecular formula is C15H11F3N2O. The molecule has 0 aliphatic rings. The van der Waals surface area contributed by atoms with E-state index in [2.05, 4.69) is 0 Å². The zero-order chi connectivity index (χ0) is 15.5. The van der Waals surface area contributed by atoms with E-state index in [1.165, 1.54) is 12.1 Å². The van der Waals surface area contributed by atoms with Crippen molar-refractivity contribution < 1.29 is 17.9 Å². The molecule has 2 aromatic carbocycles. The minimum Gasteiger partial charge on any atom is -0.457 e. The molecule has 0 spiro atoms. The summed E-state index contributed by atoms with van der Waals surface area (Å²) in [5.41, 5.74) is 4.88. The second-order valence-corrected chi connectivity index (χ2v) is 4.27. The van der Waals surface area contributed by atoms with E-state index in [0.717, 1.165) is 17.7 Å². The summed E-state index contributed by atoms with van der Waals surface area (Å²) in [6.07, 6.45) is -4.57. The number of nitriles is 1. The number of ether oxygens (including phenoxy) is 1. The van der Waals surface area contributed by atoms with Crippen molar-refractivity contribution in [3.8, 4) is 17.6 Å². The van der Waals surface area contributed by atoms with E-state index in [9.17, 15) is 13.2 Å². The second-order valence-electron chi connectivity index (χ2n) is 4.27. The van der Waals surface area contributed by atoms with Crippen LogP contribution in [0.25, 0.3) is 0 Å². The zero-order valence-electron chi connectivity index (χ0n) is 10.8. The third kappa shape index (κ3) is 3.52. The van der Waals surface area contributed by atoms with Gasteiger partial charge in [-0.1, -0.05) is 12.1 Å². The highest BCUT2D eigenvalue weighted by molar-refractivity contribution is 5.46. The first kappa shape index (κ1) is 14.9. The molecule has 0 bridgehead atoms. The van der Waals surface area contributed by atoms with Gasteiger partial charge in [0.05, 0.1) is 17.2 Å². The monoisotopic (exact) mass is 292 g/mol. The Morgan fingerprint density at radius 3 is 2.43 bits per heavy atom. The molecule has 2 aromatic rings. The first-order valence-corrected chi connectivity index (χ1v) is 6.02. The highest BCUT2D eigenvalue weighted by Crippen LogP contribution is 2.34. The fraction of sp³-hybridized carbons (Fsp3) is 0.133. The summed E-state index contributed by atoms with van der Waals surface area (Å²) in [6, 6.07) is 11.5. The first-order chi connectivity index (χ1) is 9.94. The number of hydrogen-bond acceptors (Lipinski definition) is 3. The van der Waals surface area contributed by atoms with E-state index < -0.39 is 17.3 Å². The van der Waals surface area contributed by atoms with Crippen LogP contribution >= 0.6 is 0 Å². The molecule has 0 saturated heterocycles. The van der Waals surface area contributed by atoms with Gasteiger partial charge in [-0.25, -0.2) is 0 Å². The van der Waals surface area contributed by atoms with Crippen LogP contribution in [0.2, 0.25) is 0 Å². The molecule has 0 radical (unpaired) electrons. The van der Waals surface area contributed by atoms with Gasteiger partial charge in [0.1, 0.15) is 11.5 Å². The number of nitrogens with two attached hydrogens (primary N) is 1. The summed E-state index contributed by atoms with van der Waals surface area (Å²) < 4.78 is 43.5. The lowest BCUT2D eigenvalue weighted by Crippen LogP contribution is -2.07. The van der Waals surface area contributed by atoms with E-state index in [1.54, 1.807) is 24.3 Å². The highest BCUT2D eigenvalue weighted by atomic mass is 19.4. The molecule has 2 N–H and O–H groups in total. The third-order valence-corrected chi connectivity index (χ3v) is 2.79. The van der Waals surface area contributed by atoms with Gasteiger partial charge in [-0.05, 0) is 35.9 Å². The molecular weight excluding hydrogens is 281 g/mol. The fourth-order valence-electron chi connectivity index (χ4n) is 1.80. The molecule has 0 aliphatic heterocycles. The molecule has 21 heavy (non-hydrogen) atoms. The molecule has 3 nitrogen and oxygen atoms in total. The molecule has 6 heteroatoms. The normalized spacial score (nSPS) is 11.0. The van der Waals surface area contributed by atoms with Crippen molar-refractivity contribution in [1.29, 1.82) is 5.26 Å². The smallest absolute Gasteiger partial charge is 0.417 e. The molecule has 0 amide bonds. The molecule has 2 rings (SSSR count). The van der Waals surface area contributed by atoms with Crippen molar-refractivity contribution >= 4 is 0 Å². The summed E-state index contributed by atoms with van der Waals surface area (Å²) >= 11 is 0. The first-order valence-electron chi connectivity index (χ1n) is 6.02. The van der Waals surface area contributed by atoms with Crippen LogP contribution in [-0.2, 0) is 12.7 Å². The van der Waals surface area contributed by atoms with Crippen LogP contribution in [0.3, 0.4) is 0 Å². The Labute approximate surface area is 119 Å². The van der Waals surface area contributed by atoms with E-state index in [1.807, 2.05) is 0 Å². The van der Waals surface area contributed by atoms with Crippen molar-refractivity contribution in [2.24, 2.45) is 5.73 Å². The Bertz CT molecular complexity index is 690. The lowest BCUT2D eigenvalue weighted by molar-refractivity contribution is -0.137. The second kappa shape index (κ2) is 5.85. The maximum absolute atomic E-state index is 12.7. The lowest BCUT2D eigenvalue weighted by Gasteiger charge is -2.11. The van der Waals surface area contributed by atoms with Crippen LogP contribution in [0.1, 0.15) is 16.7 Å². The van der Waals surface area contributed by atoms with Crippen molar-refractivity contribution in [3.63, 3.8) is 0 Å². The van der Waals surface area contributed by atoms with Gasteiger partial charge in [-0.3, -0.25) is 0 Å². The zero-order valence-corrected chi connectivity index (χ0v) is 10.8. The number of halogens is 3.